The summed E-state index contributed by atoms with van der Waals surface area (Å²) >= 11 is 0. The molecule has 1 saturated heterocycles. The van der Waals surface area contributed by atoms with Gasteiger partial charge in [0.2, 0.25) is 5.43 Å². The van der Waals surface area contributed by atoms with Crippen molar-refractivity contribution in [2.75, 3.05) is 18.0 Å². The van der Waals surface area contributed by atoms with Crippen molar-refractivity contribution in [2.24, 2.45) is 5.73 Å². The third kappa shape index (κ3) is 2.90. The minimum absolute atomic E-state index is 0. The van der Waals surface area contributed by atoms with E-state index < -0.39 is 35.0 Å². The zero-order valence-electron chi connectivity index (χ0n) is 13.6. The smallest absolute Gasteiger partial charge is 0.341 e. The molecule has 3 heterocycles. The van der Waals surface area contributed by atoms with Crippen molar-refractivity contribution in [3.63, 3.8) is 0 Å². The number of alkyl halides is 1. The maximum absolute atomic E-state index is 14.5. The molecule has 1 aliphatic carbocycles. The van der Waals surface area contributed by atoms with Gasteiger partial charge in [0.1, 0.15) is 17.4 Å². The van der Waals surface area contributed by atoms with Crippen LogP contribution in [-0.4, -0.2) is 45.9 Å². The van der Waals surface area contributed by atoms with E-state index in [2.05, 4.69) is 4.98 Å². The fraction of sp³-hybridized carbons (Fsp3) is 0.438. The summed E-state index contributed by atoms with van der Waals surface area (Å²) in [5.74, 6) is -2.23. The van der Waals surface area contributed by atoms with E-state index in [1.807, 2.05) is 0 Å². The molecule has 0 aromatic carbocycles. The Hall–Kier alpha value is -2.26. The quantitative estimate of drug-likeness (QED) is 0.828. The zero-order chi connectivity index (χ0) is 17.9. The summed E-state index contributed by atoms with van der Waals surface area (Å²) in [5.41, 5.74) is 4.66. The van der Waals surface area contributed by atoms with Gasteiger partial charge in [-0.25, -0.2) is 18.6 Å². The summed E-state index contributed by atoms with van der Waals surface area (Å²) in [6, 6.07) is 0.293. The molecule has 2 aromatic heterocycles. The van der Waals surface area contributed by atoms with Crippen LogP contribution in [0.2, 0.25) is 0 Å². The lowest BCUT2D eigenvalue weighted by molar-refractivity contribution is 0.0695. The fourth-order valence-corrected chi connectivity index (χ4v) is 3.21. The highest BCUT2D eigenvalue weighted by Gasteiger charge is 2.33. The minimum Gasteiger partial charge on any atom is -0.477 e. The van der Waals surface area contributed by atoms with Crippen molar-refractivity contribution >= 4 is 35.2 Å². The van der Waals surface area contributed by atoms with Crippen LogP contribution in [-0.2, 0) is 0 Å². The number of nitrogens with two attached hydrogens (primary N) is 1. The molecule has 4 rings (SSSR count). The number of carbonyl (C=O) groups is 1. The predicted molar refractivity (Wildman–Crippen MR) is 93.5 cm³/mol. The number of carboxylic acids is 1. The van der Waals surface area contributed by atoms with Gasteiger partial charge in [-0.15, -0.1) is 12.4 Å². The number of fused-ring (bicyclic) bond motifs is 1. The third-order valence-corrected chi connectivity index (χ3v) is 4.70. The van der Waals surface area contributed by atoms with Crippen molar-refractivity contribution in [1.82, 2.24) is 9.55 Å². The molecule has 140 valence electrons. The number of rotatable bonds is 3. The molecular weight excluding hydrogens is 370 g/mol. The molecule has 10 heteroatoms. The molecule has 1 aliphatic heterocycles. The van der Waals surface area contributed by atoms with Crippen molar-refractivity contribution in [2.45, 2.75) is 31.1 Å². The summed E-state index contributed by atoms with van der Waals surface area (Å²) in [5, 5.41) is 9.13. The van der Waals surface area contributed by atoms with Crippen molar-refractivity contribution in [3.8, 4) is 0 Å². The van der Waals surface area contributed by atoms with Crippen molar-refractivity contribution in [1.29, 1.82) is 0 Å². The van der Waals surface area contributed by atoms with E-state index in [1.165, 1.54) is 11.1 Å². The van der Waals surface area contributed by atoms with Crippen LogP contribution in [0.15, 0.2) is 17.1 Å². The Morgan fingerprint density at radius 3 is 2.58 bits per heavy atom. The Morgan fingerprint density at radius 1 is 1.35 bits per heavy atom. The molecule has 0 amide bonds. The molecule has 2 fully saturated rings. The van der Waals surface area contributed by atoms with Crippen molar-refractivity contribution < 1.29 is 18.7 Å². The Bertz CT molecular complexity index is 937. The van der Waals surface area contributed by atoms with Crippen LogP contribution in [0.4, 0.5) is 14.6 Å². The number of anilines is 1. The number of pyridine rings is 2. The molecule has 2 unspecified atom stereocenters. The Morgan fingerprint density at radius 2 is 2.04 bits per heavy atom. The van der Waals surface area contributed by atoms with E-state index in [-0.39, 0.29) is 48.4 Å². The Kier molecular flexibility index (Phi) is 4.61. The molecule has 0 radical (unpaired) electrons. The number of aromatic nitrogens is 2. The highest BCUT2D eigenvalue weighted by Crippen LogP contribution is 2.37. The molecule has 2 aliphatic rings. The average Bonchev–Trinajstić information content (AvgIpc) is 3.33. The summed E-state index contributed by atoms with van der Waals surface area (Å²) in [4.78, 5) is 29.3. The first-order chi connectivity index (χ1) is 11.9. The largest absolute Gasteiger partial charge is 0.477 e. The van der Waals surface area contributed by atoms with Gasteiger partial charge in [-0.1, -0.05) is 0 Å². The molecule has 0 spiro atoms. The lowest BCUT2D eigenvalue weighted by atomic mass is 10.2. The second-order valence-corrected chi connectivity index (χ2v) is 6.57. The van der Waals surface area contributed by atoms with Crippen LogP contribution in [0.1, 0.15) is 29.2 Å². The van der Waals surface area contributed by atoms with Gasteiger partial charge in [-0.05, 0) is 18.9 Å². The maximum Gasteiger partial charge on any atom is 0.341 e. The molecule has 2 aromatic rings. The van der Waals surface area contributed by atoms with Gasteiger partial charge in [0, 0.05) is 18.8 Å². The van der Waals surface area contributed by atoms with Crippen LogP contribution in [0.3, 0.4) is 0 Å². The Balaban J connectivity index is 0.00000196. The number of hydrogen-bond acceptors (Lipinski definition) is 5. The third-order valence-electron chi connectivity index (χ3n) is 4.70. The van der Waals surface area contributed by atoms with E-state index in [0.717, 1.165) is 18.9 Å². The number of hydrogen-bond donors (Lipinski definition) is 2. The highest BCUT2D eigenvalue weighted by atomic mass is 35.5. The first kappa shape index (κ1) is 18.5. The minimum atomic E-state index is -1.36. The van der Waals surface area contributed by atoms with Crippen LogP contribution >= 0.6 is 12.4 Å². The molecule has 1 saturated carbocycles. The van der Waals surface area contributed by atoms with Gasteiger partial charge in [0.15, 0.2) is 11.6 Å². The number of nitrogens with zero attached hydrogens (tertiary/aromatic N) is 3. The summed E-state index contributed by atoms with van der Waals surface area (Å²) in [6.45, 7) is 0.0505. The molecule has 26 heavy (non-hydrogen) atoms. The maximum atomic E-state index is 14.5. The topological polar surface area (TPSA) is 101 Å². The molecule has 0 bridgehead atoms. The summed E-state index contributed by atoms with van der Waals surface area (Å²) < 4.78 is 29.8. The standard InChI is InChI=1S/C16H16F2N4O3.ClH/c17-10-3-8-13(23)9(16(24)25)4-22(7-1-2-7)14(8)20-15(10)21-5-11(18)12(19)6-21;/h3-4,7,11-12H,1-2,5-6,19H2,(H,24,25);1H. The van der Waals surface area contributed by atoms with E-state index in [4.69, 9.17) is 5.73 Å². The Labute approximate surface area is 152 Å². The van der Waals surface area contributed by atoms with Gasteiger partial charge < -0.3 is 20.3 Å². The van der Waals surface area contributed by atoms with Gasteiger partial charge in [0.05, 0.1) is 18.0 Å². The lowest BCUT2D eigenvalue weighted by Crippen LogP contribution is -2.30. The second-order valence-electron chi connectivity index (χ2n) is 6.57. The molecule has 2 atom stereocenters. The van der Waals surface area contributed by atoms with E-state index in [9.17, 15) is 23.5 Å². The molecule has 7 nitrogen and oxygen atoms in total. The van der Waals surface area contributed by atoms with E-state index in [0.29, 0.717) is 0 Å². The van der Waals surface area contributed by atoms with Crippen LogP contribution < -0.4 is 16.1 Å². The SMILES string of the molecule is Cl.NC1CN(c2nc3c(cc2F)c(=O)c(C(=O)O)cn3C2CC2)CC1F. The van der Waals surface area contributed by atoms with E-state index in [1.54, 1.807) is 4.57 Å². The van der Waals surface area contributed by atoms with Gasteiger partial charge >= 0.3 is 5.97 Å². The zero-order valence-corrected chi connectivity index (χ0v) is 14.4. The van der Waals surface area contributed by atoms with E-state index >= 15 is 0 Å². The highest BCUT2D eigenvalue weighted by molar-refractivity contribution is 5.92. The predicted octanol–water partition coefficient (Wildman–Crippen LogP) is 1.48. The van der Waals surface area contributed by atoms with Crippen LogP contribution in [0, 0.1) is 5.82 Å². The second kappa shape index (κ2) is 6.48. The number of aromatic carboxylic acids is 1. The average molecular weight is 387 g/mol. The first-order valence-electron chi connectivity index (χ1n) is 8.00. The van der Waals surface area contributed by atoms with Gasteiger partial charge in [0.25, 0.3) is 0 Å². The first-order valence-corrected chi connectivity index (χ1v) is 8.00. The monoisotopic (exact) mass is 386 g/mol. The summed E-state index contributed by atoms with van der Waals surface area (Å²) in [7, 11) is 0. The molecular formula is C16H17ClF2N4O3. The molecule has 3 N–H and O–H groups in total. The fourth-order valence-electron chi connectivity index (χ4n) is 3.21. The van der Waals surface area contributed by atoms with Crippen LogP contribution in [0.5, 0.6) is 0 Å². The number of carboxylic acid groups (broad SMARTS) is 1. The van der Waals surface area contributed by atoms with Gasteiger partial charge in [-0.3, -0.25) is 4.79 Å². The normalized spacial score (nSPS) is 22.5. The van der Waals surface area contributed by atoms with Crippen LogP contribution in [0.25, 0.3) is 11.0 Å². The lowest BCUT2D eigenvalue weighted by Gasteiger charge is -2.19. The van der Waals surface area contributed by atoms with Gasteiger partial charge in [-0.2, -0.15) is 0 Å². The number of halogens is 3. The van der Waals surface area contributed by atoms with Crippen molar-refractivity contribution in [3.05, 3.63) is 33.9 Å². The summed E-state index contributed by atoms with van der Waals surface area (Å²) in [6.07, 6.45) is 1.63.